The summed E-state index contributed by atoms with van der Waals surface area (Å²) in [5.41, 5.74) is 0.104. The molecule has 1 aromatic rings. The van der Waals surface area contributed by atoms with Gasteiger partial charge < -0.3 is 10.4 Å². The van der Waals surface area contributed by atoms with E-state index in [0.29, 0.717) is 25.8 Å². The Balaban J connectivity index is 2.32. The predicted octanol–water partition coefficient (Wildman–Crippen LogP) is 2.85. The number of hydrogen-bond donors (Lipinski definition) is 2. The molecule has 0 aromatic heterocycles. The van der Waals surface area contributed by atoms with E-state index in [1.807, 2.05) is 0 Å². The number of amides is 1. The van der Waals surface area contributed by atoms with Crippen LogP contribution in [0.25, 0.3) is 0 Å². The molecule has 1 amide bonds. The number of carboxylic acids is 1. The zero-order valence-corrected chi connectivity index (χ0v) is 11.0. The minimum atomic E-state index is -0.824. The lowest BCUT2D eigenvalue weighted by molar-refractivity contribution is -0.137. The normalized spacial score (nSPS) is 10.2. The fourth-order valence-electron chi connectivity index (χ4n) is 1.55. The number of rotatable bonds is 7. The zero-order valence-electron chi connectivity index (χ0n) is 10.3. The summed E-state index contributed by atoms with van der Waals surface area (Å²) in [6.07, 6.45) is 2.09. The van der Waals surface area contributed by atoms with Gasteiger partial charge in [0, 0.05) is 13.0 Å². The minimum absolute atomic E-state index is 0.104. The second-order valence-electron chi connectivity index (χ2n) is 4.06. The van der Waals surface area contributed by atoms with Gasteiger partial charge in [0.1, 0.15) is 5.82 Å². The summed E-state index contributed by atoms with van der Waals surface area (Å²) >= 11 is 5.68. The molecule has 0 aliphatic carbocycles. The Morgan fingerprint density at radius 3 is 2.68 bits per heavy atom. The number of carboxylic acid groups (broad SMARTS) is 1. The van der Waals surface area contributed by atoms with Gasteiger partial charge in [-0.2, -0.15) is 0 Å². The smallest absolute Gasteiger partial charge is 0.303 e. The van der Waals surface area contributed by atoms with Crippen LogP contribution in [0.2, 0.25) is 5.02 Å². The van der Waals surface area contributed by atoms with E-state index in [0.717, 1.165) is 0 Å². The van der Waals surface area contributed by atoms with Crippen molar-refractivity contribution < 1.29 is 19.1 Å². The van der Waals surface area contributed by atoms with Crippen LogP contribution in [0.15, 0.2) is 18.2 Å². The molecule has 0 fully saturated rings. The number of unbranched alkanes of at least 4 members (excludes halogenated alkanes) is 2. The van der Waals surface area contributed by atoms with E-state index in [2.05, 4.69) is 5.32 Å². The second-order valence-corrected chi connectivity index (χ2v) is 4.44. The molecule has 0 saturated heterocycles. The largest absolute Gasteiger partial charge is 0.481 e. The summed E-state index contributed by atoms with van der Waals surface area (Å²) in [6.45, 7) is 0.408. The third kappa shape index (κ3) is 5.26. The molecule has 0 heterocycles. The van der Waals surface area contributed by atoms with Crippen molar-refractivity contribution in [3.05, 3.63) is 34.6 Å². The van der Waals surface area contributed by atoms with Crippen LogP contribution in [0.4, 0.5) is 4.39 Å². The highest BCUT2D eigenvalue weighted by Crippen LogP contribution is 2.19. The molecule has 0 atom stereocenters. The number of halogens is 2. The maximum absolute atomic E-state index is 13.1. The molecular formula is C13H15ClFNO3. The van der Waals surface area contributed by atoms with Crippen molar-refractivity contribution in [3.8, 4) is 0 Å². The van der Waals surface area contributed by atoms with Gasteiger partial charge in [-0.3, -0.25) is 9.59 Å². The van der Waals surface area contributed by atoms with Crippen LogP contribution in [0.5, 0.6) is 0 Å². The fraction of sp³-hybridized carbons (Fsp3) is 0.385. The Morgan fingerprint density at radius 1 is 1.26 bits per heavy atom. The molecule has 0 spiro atoms. The van der Waals surface area contributed by atoms with Crippen LogP contribution in [-0.4, -0.2) is 23.5 Å². The standard InChI is InChI=1S/C13H15ClFNO3/c14-12-9(5-4-6-10(12)15)13(19)16-8-3-1-2-7-11(17)18/h4-6H,1-3,7-8H2,(H,16,19)(H,17,18). The number of carbonyl (C=O) groups is 2. The Morgan fingerprint density at radius 2 is 2.00 bits per heavy atom. The van der Waals surface area contributed by atoms with Crippen molar-refractivity contribution >= 4 is 23.5 Å². The van der Waals surface area contributed by atoms with Crippen LogP contribution >= 0.6 is 11.6 Å². The quantitative estimate of drug-likeness (QED) is 0.758. The summed E-state index contributed by atoms with van der Waals surface area (Å²) in [4.78, 5) is 22.0. The van der Waals surface area contributed by atoms with Gasteiger partial charge >= 0.3 is 5.97 Å². The number of aliphatic carboxylic acids is 1. The van der Waals surface area contributed by atoms with Gasteiger partial charge in [0.25, 0.3) is 5.91 Å². The highest BCUT2D eigenvalue weighted by Gasteiger charge is 2.12. The van der Waals surface area contributed by atoms with E-state index in [9.17, 15) is 14.0 Å². The van der Waals surface area contributed by atoms with E-state index in [-0.39, 0.29) is 17.0 Å². The Hall–Kier alpha value is -1.62. The average Bonchev–Trinajstić information content (AvgIpc) is 2.36. The van der Waals surface area contributed by atoms with Crippen LogP contribution in [0.3, 0.4) is 0 Å². The van der Waals surface area contributed by atoms with Crippen molar-refractivity contribution in [3.63, 3.8) is 0 Å². The molecule has 1 aromatic carbocycles. The van der Waals surface area contributed by atoms with Gasteiger partial charge in [0.2, 0.25) is 0 Å². The first kappa shape index (κ1) is 15.4. The molecule has 2 N–H and O–H groups in total. The molecule has 6 heteroatoms. The second kappa shape index (κ2) is 7.74. The van der Waals surface area contributed by atoms with Gasteiger partial charge in [-0.15, -0.1) is 0 Å². The molecule has 104 valence electrons. The van der Waals surface area contributed by atoms with Gasteiger partial charge in [0.05, 0.1) is 10.6 Å². The Labute approximate surface area is 115 Å². The monoisotopic (exact) mass is 287 g/mol. The van der Waals surface area contributed by atoms with Crippen LogP contribution < -0.4 is 5.32 Å². The Kier molecular flexibility index (Phi) is 6.29. The van der Waals surface area contributed by atoms with Gasteiger partial charge in [-0.05, 0) is 25.0 Å². The lowest BCUT2D eigenvalue weighted by Crippen LogP contribution is -2.24. The molecule has 1 rings (SSSR count). The van der Waals surface area contributed by atoms with E-state index in [4.69, 9.17) is 16.7 Å². The number of benzene rings is 1. The van der Waals surface area contributed by atoms with Crippen molar-refractivity contribution in [1.82, 2.24) is 5.32 Å². The van der Waals surface area contributed by atoms with Crippen molar-refractivity contribution in [2.75, 3.05) is 6.54 Å². The van der Waals surface area contributed by atoms with Crippen LogP contribution in [0.1, 0.15) is 36.0 Å². The average molecular weight is 288 g/mol. The summed E-state index contributed by atoms with van der Waals surface area (Å²) in [5, 5.41) is 10.9. The molecule has 19 heavy (non-hydrogen) atoms. The molecule has 0 unspecified atom stereocenters. The summed E-state index contributed by atoms with van der Waals surface area (Å²) < 4.78 is 13.1. The molecule has 0 radical (unpaired) electrons. The van der Waals surface area contributed by atoms with Crippen molar-refractivity contribution in [2.24, 2.45) is 0 Å². The molecule has 0 bridgehead atoms. The van der Waals surface area contributed by atoms with Crippen LogP contribution in [-0.2, 0) is 4.79 Å². The molecular weight excluding hydrogens is 273 g/mol. The maximum Gasteiger partial charge on any atom is 0.303 e. The first-order valence-electron chi connectivity index (χ1n) is 5.96. The van der Waals surface area contributed by atoms with Gasteiger partial charge in [-0.1, -0.05) is 24.1 Å². The topological polar surface area (TPSA) is 66.4 Å². The van der Waals surface area contributed by atoms with Gasteiger partial charge in [-0.25, -0.2) is 4.39 Å². The number of nitrogens with one attached hydrogen (secondary N) is 1. The Bertz CT molecular complexity index is 465. The summed E-state index contributed by atoms with van der Waals surface area (Å²) in [6, 6.07) is 4.05. The lowest BCUT2D eigenvalue weighted by atomic mass is 10.2. The lowest BCUT2D eigenvalue weighted by Gasteiger charge is -2.06. The minimum Gasteiger partial charge on any atom is -0.481 e. The van der Waals surface area contributed by atoms with Crippen LogP contribution in [0, 0.1) is 5.82 Å². The summed E-state index contributed by atoms with van der Waals surface area (Å²) in [5.74, 6) is -1.88. The zero-order chi connectivity index (χ0) is 14.3. The highest BCUT2D eigenvalue weighted by atomic mass is 35.5. The van der Waals surface area contributed by atoms with E-state index >= 15 is 0 Å². The predicted molar refractivity (Wildman–Crippen MR) is 69.8 cm³/mol. The first-order valence-corrected chi connectivity index (χ1v) is 6.34. The SMILES string of the molecule is O=C(O)CCCCCNC(=O)c1cccc(F)c1Cl. The molecule has 4 nitrogen and oxygen atoms in total. The molecule has 0 saturated carbocycles. The molecule has 0 aliphatic heterocycles. The fourth-order valence-corrected chi connectivity index (χ4v) is 1.77. The van der Waals surface area contributed by atoms with Crippen molar-refractivity contribution in [1.29, 1.82) is 0 Å². The summed E-state index contributed by atoms with van der Waals surface area (Å²) in [7, 11) is 0. The maximum atomic E-state index is 13.1. The first-order chi connectivity index (χ1) is 9.02. The number of hydrogen-bond acceptors (Lipinski definition) is 2. The van der Waals surface area contributed by atoms with E-state index in [1.165, 1.54) is 18.2 Å². The molecule has 0 aliphatic rings. The van der Waals surface area contributed by atoms with E-state index in [1.54, 1.807) is 0 Å². The van der Waals surface area contributed by atoms with E-state index < -0.39 is 17.7 Å². The third-order valence-electron chi connectivity index (χ3n) is 2.55. The number of carbonyl (C=O) groups excluding carboxylic acids is 1. The van der Waals surface area contributed by atoms with Crippen molar-refractivity contribution in [2.45, 2.75) is 25.7 Å². The highest BCUT2D eigenvalue weighted by molar-refractivity contribution is 6.34. The van der Waals surface area contributed by atoms with Gasteiger partial charge in [0.15, 0.2) is 0 Å². The third-order valence-corrected chi connectivity index (χ3v) is 2.93.